The molecule has 5 rings (SSSR count). The second kappa shape index (κ2) is 7.87. The van der Waals surface area contributed by atoms with Gasteiger partial charge in [0.1, 0.15) is 5.69 Å². The number of nitrogens with zero attached hydrogens (tertiary/aromatic N) is 6. The molecule has 4 heterocycles. The normalized spacial score (nSPS) is 23.0. The standard InChI is InChI=1S/C21H23F3N6OS/c1-13-17(31-12-26-13)18-27-28-19(29(18)2)32-7-3-6-30-10-15-8-20(15,11-30)14-4-5-16(25-9-14)21(22,23)24/h4-5,9,12,15H,3,6-8,10-11H2,1-2H3/t15-,20?/m1/s1. The van der Waals surface area contributed by atoms with Crippen LogP contribution in [0.5, 0.6) is 0 Å². The molecule has 0 amide bonds. The summed E-state index contributed by atoms with van der Waals surface area (Å²) in [5.74, 6) is 2.71. The number of fused-ring (bicyclic) bond motifs is 1. The SMILES string of the molecule is Cc1ncoc1-c1nnc(SCCCN2C[C@H]3CC3(c3ccc(C(F)(F)F)nc3)C2)n1C. The number of halogens is 3. The average molecular weight is 465 g/mol. The first-order valence-corrected chi connectivity index (χ1v) is 11.5. The Labute approximate surface area is 187 Å². The molecule has 1 unspecified atom stereocenters. The van der Waals surface area contributed by atoms with Gasteiger partial charge in [-0.05, 0) is 43.9 Å². The monoisotopic (exact) mass is 464 g/mol. The van der Waals surface area contributed by atoms with Crippen molar-refractivity contribution >= 4 is 11.8 Å². The van der Waals surface area contributed by atoms with Crippen molar-refractivity contribution < 1.29 is 17.6 Å². The summed E-state index contributed by atoms with van der Waals surface area (Å²) in [6.45, 7) is 4.69. The van der Waals surface area contributed by atoms with Gasteiger partial charge in [-0.2, -0.15) is 13.2 Å². The fourth-order valence-corrected chi connectivity index (χ4v) is 5.50. The summed E-state index contributed by atoms with van der Waals surface area (Å²) in [5.41, 5.74) is 0.869. The zero-order valence-corrected chi connectivity index (χ0v) is 18.6. The van der Waals surface area contributed by atoms with Gasteiger partial charge in [0.05, 0.1) is 5.69 Å². The van der Waals surface area contributed by atoms with Gasteiger partial charge in [-0.3, -0.25) is 4.98 Å². The Morgan fingerprint density at radius 3 is 2.78 bits per heavy atom. The molecular weight excluding hydrogens is 441 g/mol. The van der Waals surface area contributed by atoms with E-state index in [4.69, 9.17) is 4.42 Å². The van der Waals surface area contributed by atoms with Crippen molar-refractivity contribution in [3.8, 4) is 11.6 Å². The lowest BCUT2D eigenvalue weighted by atomic mass is 9.96. The Balaban J connectivity index is 1.12. The van der Waals surface area contributed by atoms with E-state index >= 15 is 0 Å². The van der Waals surface area contributed by atoms with Crippen LogP contribution in [0.1, 0.15) is 29.8 Å². The molecule has 0 aromatic carbocycles. The number of hydrogen-bond donors (Lipinski definition) is 0. The number of hydrogen-bond acceptors (Lipinski definition) is 7. The fourth-order valence-electron chi connectivity index (χ4n) is 4.67. The lowest BCUT2D eigenvalue weighted by Gasteiger charge is -2.21. The summed E-state index contributed by atoms with van der Waals surface area (Å²) in [4.78, 5) is 10.2. The van der Waals surface area contributed by atoms with Crippen LogP contribution in [0.4, 0.5) is 13.2 Å². The molecule has 32 heavy (non-hydrogen) atoms. The smallest absolute Gasteiger partial charge is 0.433 e. The first kappa shape index (κ1) is 21.4. The number of oxazole rings is 1. The zero-order chi connectivity index (χ0) is 22.5. The third-order valence-corrected chi connectivity index (χ3v) is 7.59. The van der Waals surface area contributed by atoms with Gasteiger partial charge in [-0.15, -0.1) is 10.2 Å². The van der Waals surface area contributed by atoms with Crippen LogP contribution in [-0.2, 0) is 18.6 Å². The Hall–Kier alpha value is -2.40. The zero-order valence-electron chi connectivity index (χ0n) is 17.8. The average Bonchev–Trinajstić information content (AvgIpc) is 3.05. The number of aryl methyl sites for hydroxylation is 1. The predicted molar refractivity (Wildman–Crippen MR) is 112 cm³/mol. The largest absolute Gasteiger partial charge is 0.440 e. The van der Waals surface area contributed by atoms with Crippen LogP contribution in [0, 0.1) is 12.8 Å². The maximum atomic E-state index is 12.8. The van der Waals surface area contributed by atoms with Gasteiger partial charge in [0.15, 0.2) is 17.3 Å². The van der Waals surface area contributed by atoms with Gasteiger partial charge in [0.25, 0.3) is 0 Å². The van der Waals surface area contributed by atoms with Crippen molar-refractivity contribution in [1.29, 1.82) is 0 Å². The van der Waals surface area contributed by atoms with Crippen LogP contribution in [0.3, 0.4) is 0 Å². The third kappa shape index (κ3) is 3.81. The summed E-state index contributed by atoms with van der Waals surface area (Å²) in [6.07, 6.45) is 0.455. The van der Waals surface area contributed by atoms with Gasteiger partial charge in [-0.1, -0.05) is 17.8 Å². The summed E-state index contributed by atoms with van der Waals surface area (Å²) in [7, 11) is 1.91. The second-order valence-electron chi connectivity index (χ2n) is 8.56. The van der Waals surface area contributed by atoms with Crippen LogP contribution in [0.15, 0.2) is 34.3 Å². The second-order valence-corrected chi connectivity index (χ2v) is 9.62. The molecule has 2 aliphatic rings. The van der Waals surface area contributed by atoms with E-state index in [0.717, 1.165) is 60.7 Å². The molecule has 7 nitrogen and oxygen atoms in total. The van der Waals surface area contributed by atoms with E-state index in [1.165, 1.54) is 12.6 Å². The van der Waals surface area contributed by atoms with Crippen molar-refractivity contribution in [2.24, 2.45) is 13.0 Å². The highest BCUT2D eigenvalue weighted by Crippen LogP contribution is 2.58. The van der Waals surface area contributed by atoms with E-state index in [2.05, 4.69) is 25.1 Å². The number of piperidine rings is 1. The first-order valence-electron chi connectivity index (χ1n) is 10.5. The minimum Gasteiger partial charge on any atom is -0.440 e. The Bertz CT molecular complexity index is 1110. The van der Waals surface area contributed by atoms with Gasteiger partial charge in [0.2, 0.25) is 5.82 Å². The highest BCUT2D eigenvalue weighted by atomic mass is 32.2. The molecular formula is C21H23F3N6OS. The van der Waals surface area contributed by atoms with Crippen molar-refractivity contribution in [2.75, 3.05) is 25.4 Å². The number of pyridine rings is 1. The number of rotatable bonds is 7. The number of thioether (sulfide) groups is 1. The van der Waals surface area contributed by atoms with Crippen LogP contribution in [0.2, 0.25) is 0 Å². The molecule has 0 spiro atoms. The molecule has 1 aliphatic carbocycles. The van der Waals surface area contributed by atoms with E-state index < -0.39 is 11.9 Å². The van der Waals surface area contributed by atoms with Crippen LogP contribution >= 0.6 is 11.8 Å². The molecule has 0 N–H and O–H groups in total. The van der Waals surface area contributed by atoms with Crippen molar-refractivity contribution in [1.82, 2.24) is 29.6 Å². The summed E-state index contributed by atoms with van der Waals surface area (Å²) < 4.78 is 45.7. The van der Waals surface area contributed by atoms with E-state index in [-0.39, 0.29) is 5.41 Å². The molecule has 1 saturated heterocycles. The van der Waals surface area contributed by atoms with E-state index in [9.17, 15) is 13.2 Å². The minimum atomic E-state index is -4.39. The number of likely N-dealkylation sites (tertiary alicyclic amines) is 1. The van der Waals surface area contributed by atoms with E-state index in [0.29, 0.717) is 17.5 Å². The molecule has 170 valence electrons. The maximum absolute atomic E-state index is 12.8. The van der Waals surface area contributed by atoms with Crippen molar-refractivity contribution in [3.05, 3.63) is 41.7 Å². The Morgan fingerprint density at radius 2 is 2.09 bits per heavy atom. The summed E-state index contributed by atoms with van der Waals surface area (Å²) >= 11 is 1.65. The van der Waals surface area contributed by atoms with Gasteiger partial charge in [0, 0.05) is 37.5 Å². The summed E-state index contributed by atoms with van der Waals surface area (Å²) in [6, 6.07) is 2.71. The van der Waals surface area contributed by atoms with Gasteiger partial charge >= 0.3 is 6.18 Å². The molecule has 0 radical (unpaired) electrons. The Kier molecular flexibility index (Phi) is 5.28. The molecule has 1 aliphatic heterocycles. The number of aromatic nitrogens is 5. The van der Waals surface area contributed by atoms with Gasteiger partial charge < -0.3 is 13.9 Å². The lowest BCUT2D eigenvalue weighted by molar-refractivity contribution is -0.141. The van der Waals surface area contributed by atoms with Crippen LogP contribution < -0.4 is 0 Å². The van der Waals surface area contributed by atoms with Crippen LogP contribution in [0.25, 0.3) is 11.6 Å². The van der Waals surface area contributed by atoms with Gasteiger partial charge in [-0.25, -0.2) is 4.98 Å². The highest BCUT2D eigenvalue weighted by Gasteiger charge is 2.60. The molecule has 1 saturated carbocycles. The quantitative estimate of drug-likeness (QED) is 0.387. The highest BCUT2D eigenvalue weighted by molar-refractivity contribution is 7.99. The van der Waals surface area contributed by atoms with Crippen molar-refractivity contribution in [2.45, 2.75) is 36.5 Å². The molecule has 3 aromatic rings. The molecule has 0 bridgehead atoms. The third-order valence-electron chi connectivity index (χ3n) is 6.48. The molecule has 2 fully saturated rings. The van der Waals surface area contributed by atoms with Crippen molar-refractivity contribution in [3.63, 3.8) is 0 Å². The van der Waals surface area contributed by atoms with E-state index in [1.54, 1.807) is 17.8 Å². The lowest BCUT2D eigenvalue weighted by Crippen LogP contribution is -2.28. The fraction of sp³-hybridized carbons (Fsp3) is 0.524. The topological polar surface area (TPSA) is 72.9 Å². The molecule has 11 heteroatoms. The molecule has 2 atom stereocenters. The Morgan fingerprint density at radius 1 is 1.25 bits per heavy atom. The predicted octanol–water partition coefficient (Wildman–Crippen LogP) is 3.95. The van der Waals surface area contributed by atoms with E-state index in [1.807, 2.05) is 18.5 Å². The summed E-state index contributed by atoms with van der Waals surface area (Å²) in [5, 5.41) is 9.32. The molecule has 3 aromatic heterocycles. The first-order chi connectivity index (χ1) is 15.3. The maximum Gasteiger partial charge on any atom is 0.433 e. The van der Waals surface area contributed by atoms with Crippen LogP contribution in [-0.4, -0.2) is 55.0 Å². The number of alkyl halides is 3. The minimum absolute atomic E-state index is 0.0162.